The molecule has 0 aliphatic heterocycles. The molecule has 0 aliphatic rings. The van der Waals surface area contributed by atoms with Crippen LogP contribution in [-0.4, -0.2) is 174 Å². The summed E-state index contributed by atoms with van der Waals surface area (Å²) in [5, 5.41) is 34.5. The van der Waals surface area contributed by atoms with Gasteiger partial charge in [-0.25, -0.2) is 0 Å². The molecular formula is C10H24CuN2Na2O12. The summed E-state index contributed by atoms with van der Waals surface area (Å²) in [7, 11) is 0. The third-order valence-electron chi connectivity index (χ3n) is 2.17. The van der Waals surface area contributed by atoms with Crippen LogP contribution in [0.5, 0.6) is 0 Å². The second-order valence-corrected chi connectivity index (χ2v) is 4.00. The van der Waals surface area contributed by atoms with Crippen LogP contribution in [0.2, 0.25) is 0 Å². The summed E-state index contributed by atoms with van der Waals surface area (Å²) < 4.78 is 0. The molecule has 0 atom stereocenters. The first kappa shape index (κ1) is 50.6. The van der Waals surface area contributed by atoms with Crippen molar-refractivity contribution in [2.75, 3.05) is 39.3 Å². The summed E-state index contributed by atoms with van der Waals surface area (Å²) in [5.41, 5.74) is 0. The van der Waals surface area contributed by atoms with Gasteiger partial charge in [0.05, 0.1) is 26.2 Å². The largest absolute Gasteiger partial charge is 0.480 e. The molecule has 0 amide bonds. The van der Waals surface area contributed by atoms with Crippen LogP contribution in [0.4, 0.5) is 0 Å². The van der Waals surface area contributed by atoms with Crippen LogP contribution in [0.25, 0.3) is 0 Å². The summed E-state index contributed by atoms with van der Waals surface area (Å²) >= 11 is 0. The molecule has 0 bridgehead atoms. The normalized spacial score (nSPS) is 7.93. The maximum Gasteiger partial charge on any atom is 0.317 e. The van der Waals surface area contributed by atoms with Gasteiger partial charge in [-0.05, 0) is 0 Å². The number of carboxylic acid groups (broad SMARTS) is 4. The Bertz CT molecular complexity index is 336. The fraction of sp³-hybridized carbons (Fsp3) is 0.600. The van der Waals surface area contributed by atoms with E-state index in [1.54, 1.807) is 0 Å². The molecule has 0 aliphatic carbocycles. The number of rotatable bonds is 11. The van der Waals surface area contributed by atoms with E-state index in [4.69, 9.17) is 20.4 Å². The van der Waals surface area contributed by atoms with E-state index in [9.17, 15) is 19.2 Å². The number of nitrogens with zero attached hydrogens (tertiary/aromatic N) is 2. The van der Waals surface area contributed by atoms with Crippen LogP contribution < -0.4 is 0 Å². The number of carboxylic acids is 4. The van der Waals surface area contributed by atoms with Crippen LogP contribution in [0.15, 0.2) is 0 Å². The fourth-order valence-electron chi connectivity index (χ4n) is 1.48. The predicted octanol–water partition coefficient (Wildman–Crippen LogP) is -6.13. The minimum atomic E-state index is -1.23. The molecule has 3 radical (unpaired) electrons. The standard InChI is InChI=1S/C10H16N2O8.Cu.2Na.4H2O/c13-7(14)3-11(4-8(15)16)1-2-12(5-9(17)18)6-10(19)20;;;;;;;/h1-6H2,(H,13,14)(H,15,16)(H,17,18)(H,19,20);;;;4*1H2. The molecule has 0 aromatic carbocycles. The van der Waals surface area contributed by atoms with Gasteiger partial charge in [0.15, 0.2) is 0 Å². The van der Waals surface area contributed by atoms with E-state index in [0.717, 1.165) is 9.80 Å². The van der Waals surface area contributed by atoms with Crippen molar-refractivity contribution < 1.29 is 78.6 Å². The third-order valence-corrected chi connectivity index (χ3v) is 2.17. The van der Waals surface area contributed by atoms with Crippen molar-refractivity contribution in [3.8, 4) is 0 Å². The minimum Gasteiger partial charge on any atom is -0.480 e. The van der Waals surface area contributed by atoms with E-state index < -0.39 is 50.1 Å². The Morgan fingerprint density at radius 2 is 0.667 bits per heavy atom. The first-order valence-electron chi connectivity index (χ1n) is 5.52. The van der Waals surface area contributed by atoms with Crippen molar-refractivity contribution in [1.82, 2.24) is 9.80 Å². The summed E-state index contributed by atoms with van der Waals surface area (Å²) in [6.07, 6.45) is 0. The molecule has 0 saturated heterocycles. The van der Waals surface area contributed by atoms with Crippen LogP contribution >= 0.6 is 0 Å². The van der Waals surface area contributed by atoms with Crippen molar-refractivity contribution in [2.24, 2.45) is 0 Å². The van der Waals surface area contributed by atoms with Crippen molar-refractivity contribution in [3.63, 3.8) is 0 Å². The minimum absolute atomic E-state index is 0. The summed E-state index contributed by atoms with van der Waals surface area (Å²) in [5.74, 6) is -4.91. The second-order valence-electron chi connectivity index (χ2n) is 4.00. The van der Waals surface area contributed by atoms with E-state index in [-0.39, 0.29) is 111 Å². The fourth-order valence-corrected chi connectivity index (χ4v) is 1.48. The molecule has 27 heavy (non-hydrogen) atoms. The van der Waals surface area contributed by atoms with Gasteiger partial charge in [0.2, 0.25) is 0 Å². The predicted molar refractivity (Wildman–Crippen MR) is 89.4 cm³/mol. The van der Waals surface area contributed by atoms with Crippen molar-refractivity contribution in [1.29, 1.82) is 0 Å². The van der Waals surface area contributed by atoms with Crippen molar-refractivity contribution >= 4 is 83.0 Å². The van der Waals surface area contributed by atoms with Gasteiger partial charge in [0, 0.05) is 89.3 Å². The van der Waals surface area contributed by atoms with E-state index in [0.29, 0.717) is 0 Å². The first-order valence-corrected chi connectivity index (χ1v) is 5.52. The van der Waals surface area contributed by atoms with Gasteiger partial charge in [0.1, 0.15) is 0 Å². The van der Waals surface area contributed by atoms with Crippen LogP contribution in [-0.2, 0) is 36.2 Å². The second kappa shape index (κ2) is 28.4. The number of hydrogen-bond acceptors (Lipinski definition) is 6. The van der Waals surface area contributed by atoms with Crippen molar-refractivity contribution in [2.45, 2.75) is 0 Å². The Balaban J connectivity index is -0.0000000860. The third kappa shape index (κ3) is 34.1. The van der Waals surface area contributed by atoms with Gasteiger partial charge < -0.3 is 42.3 Å². The molecule has 0 rings (SSSR count). The summed E-state index contributed by atoms with van der Waals surface area (Å²) in [4.78, 5) is 44.4. The number of hydrogen-bond donors (Lipinski definition) is 4. The Kier molecular flexibility index (Phi) is 53.2. The molecule has 0 saturated carbocycles. The Hall–Kier alpha value is 0.159. The van der Waals surface area contributed by atoms with E-state index >= 15 is 0 Å². The molecule has 159 valence electrons. The monoisotopic (exact) mass is 473 g/mol. The molecule has 17 heteroatoms. The average Bonchev–Trinajstić information content (AvgIpc) is 2.22. The quantitative estimate of drug-likeness (QED) is 0.206. The van der Waals surface area contributed by atoms with Gasteiger partial charge in [-0.2, -0.15) is 0 Å². The van der Waals surface area contributed by atoms with E-state index in [1.807, 2.05) is 0 Å². The van der Waals surface area contributed by atoms with Gasteiger partial charge in [0.25, 0.3) is 0 Å². The zero-order valence-electron chi connectivity index (χ0n) is 14.9. The molecular weight excluding hydrogens is 450 g/mol. The van der Waals surface area contributed by atoms with E-state index in [1.165, 1.54) is 0 Å². The number of aliphatic carboxylic acids is 4. The molecule has 0 unspecified atom stereocenters. The molecule has 0 fully saturated rings. The molecule has 0 spiro atoms. The zero-order chi connectivity index (χ0) is 15.7. The average molecular weight is 474 g/mol. The Morgan fingerprint density at radius 1 is 0.519 bits per heavy atom. The van der Waals surface area contributed by atoms with Crippen molar-refractivity contribution in [3.05, 3.63) is 0 Å². The molecule has 0 aromatic heterocycles. The zero-order valence-corrected chi connectivity index (χ0v) is 19.8. The van der Waals surface area contributed by atoms with Crippen LogP contribution in [0.1, 0.15) is 0 Å². The molecule has 12 N–H and O–H groups in total. The first-order chi connectivity index (χ1) is 9.20. The maximum atomic E-state index is 10.6. The molecule has 0 heterocycles. The van der Waals surface area contributed by atoms with Gasteiger partial charge in [-0.15, -0.1) is 0 Å². The molecule has 0 aromatic rings. The SMILES string of the molecule is O.O.O.O.O=C(O)CN(CCN(CC(=O)O)CC(=O)O)CC(=O)O.[Cu].[Na].[Na]. The van der Waals surface area contributed by atoms with Crippen LogP contribution in [0.3, 0.4) is 0 Å². The summed E-state index contributed by atoms with van der Waals surface area (Å²) in [6, 6.07) is 0. The summed E-state index contributed by atoms with van der Waals surface area (Å²) in [6.45, 7) is -2.25. The smallest absolute Gasteiger partial charge is 0.317 e. The van der Waals surface area contributed by atoms with Gasteiger partial charge in [-0.3, -0.25) is 29.0 Å². The van der Waals surface area contributed by atoms with Gasteiger partial charge in [-0.1, -0.05) is 0 Å². The Labute approximate surface area is 209 Å². The van der Waals surface area contributed by atoms with Crippen LogP contribution in [0, 0.1) is 0 Å². The maximum absolute atomic E-state index is 10.6. The Morgan fingerprint density at radius 3 is 0.778 bits per heavy atom. The van der Waals surface area contributed by atoms with E-state index in [2.05, 4.69) is 0 Å². The van der Waals surface area contributed by atoms with Gasteiger partial charge >= 0.3 is 23.9 Å². The topological polar surface area (TPSA) is 282 Å². The molecule has 14 nitrogen and oxygen atoms in total. The number of carbonyl (C=O) groups is 4.